The van der Waals surface area contributed by atoms with Gasteiger partial charge in [-0.1, -0.05) is 35.5 Å². The number of nitrogens with one attached hydrogen (secondary N) is 1. The summed E-state index contributed by atoms with van der Waals surface area (Å²) in [6.45, 7) is 0.166. The van der Waals surface area contributed by atoms with Crippen LogP contribution in [0, 0.1) is 0 Å². The van der Waals surface area contributed by atoms with Crippen molar-refractivity contribution in [2.24, 2.45) is 0 Å². The van der Waals surface area contributed by atoms with Gasteiger partial charge < -0.3 is 10.4 Å². The zero-order chi connectivity index (χ0) is 14.4. The third kappa shape index (κ3) is 3.91. The van der Waals surface area contributed by atoms with Crippen LogP contribution in [0.5, 0.6) is 0 Å². The molecule has 0 saturated carbocycles. The number of hydrogen-bond acceptors (Lipinski definition) is 4. The highest BCUT2D eigenvalue weighted by Gasteiger charge is 2.11. The summed E-state index contributed by atoms with van der Waals surface area (Å²) in [5, 5.41) is 18.5. The average Bonchev–Trinajstić information content (AvgIpc) is 2.87. The van der Waals surface area contributed by atoms with Gasteiger partial charge >= 0.3 is 5.97 Å². The maximum atomic E-state index is 11.8. The van der Waals surface area contributed by atoms with Gasteiger partial charge in [-0.25, -0.2) is 4.68 Å². The van der Waals surface area contributed by atoms with Crippen LogP contribution in [0.4, 0.5) is 0 Å². The molecule has 0 aliphatic rings. The fourth-order valence-corrected chi connectivity index (χ4v) is 1.67. The molecule has 2 N–H and O–H groups in total. The van der Waals surface area contributed by atoms with Gasteiger partial charge in [0.05, 0.1) is 6.20 Å². The summed E-state index contributed by atoms with van der Waals surface area (Å²) >= 11 is 0. The third-order valence-electron chi connectivity index (χ3n) is 2.61. The first kappa shape index (κ1) is 13.7. The molecular formula is C13H14N4O3. The van der Waals surface area contributed by atoms with E-state index in [1.165, 1.54) is 6.20 Å². The molecule has 0 atom stereocenters. The van der Waals surface area contributed by atoms with E-state index in [1.54, 1.807) is 0 Å². The molecule has 0 spiro atoms. The largest absolute Gasteiger partial charge is 0.480 e. The highest BCUT2D eigenvalue weighted by Crippen LogP contribution is 1.99. The number of rotatable bonds is 6. The second-order valence-corrected chi connectivity index (χ2v) is 4.19. The summed E-state index contributed by atoms with van der Waals surface area (Å²) in [5.41, 5.74) is 1.24. The van der Waals surface area contributed by atoms with E-state index in [0.29, 0.717) is 6.54 Å². The van der Waals surface area contributed by atoms with Crippen molar-refractivity contribution < 1.29 is 14.7 Å². The first-order valence-corrected chi connectivity index (χ1v) is 6.09. The minimum absolute atomic E-state index is 0.110. The SMILES string of the molecule is O=C(O)Cn1cc(C(=O)NCCc2ccccc2)nn1. The lowest BCUT2D eigenvalue weighted by Gasteiger charge is -2.02. The van der Waals surface area contributed by atoms with Crippen LogP contribution in [-0.2, 0) is 17.8 Å². The van der Waals surface area contributed by atoms with E-state index in [-0.39, 0.29) is 18.1 Å². The summed E-state index contributed by atoms with van der Waals surface area (Å²) in [4.78, 5) is 22.2. The Hall–Kier alpha value is -2.70. The van der Waals surface area contributed by atoms with Gasteiger partial charge in [0.2, 0.25) is 0 Å². The molecule has 20 heavy (non-hydrogen) atoms. The number of carboxylic acids is 1. The van der Waals surface area contributed by atoms with E-state index in [0.717, 1.165) is 16.7 Å². The number of nitrogens with zero attached hydrogens (tertiary/aromatic N) is 3. The number of amides is 1. The van der Waals surface area contributed by atoms with Crippen LogP contribution >= 0.6 is 0 Å². The van der Waals surface area contributed by atoms with Crippen molar-refractivity contribution in [2.75, 3.05) is 6.54 Å². The Labute approximate surface area is 115 Å². The second kappa shape index (κ2) is 6.46. The molecule has 1 heterocycles. The number of carbonyl (C=O) groups is 2. The molecule has 2 aromatic rings. The minimum atomic E-state index is -1.04. The van der Waals surface area contributed by atoms with Crippen molar-refractivity contribution >= 4 is 11.9 Å². The summed E-state index contributed by atoms with van der Waals surface area (Å²) in [6.07, 6.45) is 2.03. The van der Waals surface area contributed by atoms with Crippen LogP contribution in [0.3, 0.4) is 0 Å². The first-order valence-electron chi connectivity index (χ1n) is 6.09. The van der Waals surface area contributed by atoms with Gasteiger partial charge in [-0.15, -0.1) is 5.10 Å². The van der Waals surface area contributed by atoms with Crippen LogP contribution in [0.25, 0.3) is 0 Å². The molecule has 1 aromatic heterocycles. The number of carbonyl (C=O) groups excluding carboxylic acids is 1. The molecule has 0 radical (unpaired) electrons. The molecule has 0 fully saturated rings. The molecule has 0 saturated heterocycles. The Kier molecular flexibility index (Phi) is 4.43. The normalized spacial score (nSPS) is 10.2. The molecule has 0 aliphatic carbocycles. The highest BCUT2D eigenvalue weighted by atomic mass is 16.4. The van der Waals surface area contributed by atoms with E-state index in [9.17, 15) is 9.59 Å². The topological polar surface area (TPSA) is 97.1 Å². The molecule has 2 rings (SSSR count). The van der Waals surface area contributed by atoms with E-state index >= 15 is 0 Å². The standard InChI is InChI=1S/C13H14N4O3/c18-12(19)9-17-8-11(15-16-17)13(20)14-7-6-10-4-2-1-3-5-10/h1-5,8H,6-7,9H2,(H,14,20)(H,18,19). The molecule has 0 bridgehead atoms. The number of aromatic nitrogens is 3. The van der Waals surface area contributed by atoms with Crippen molar-refractivity contribution in [3.05, 3.63) is 47.8 Å². The second-order valence-electron chi connectivity index (χ2n) is 4.19. The van der Waals surface area contributed by atoms with Crippen molar-refractivity contribution in [1.82, 2.24) is 20.3 Å². The predicted molar refractivity (Wildman–Crippen MR) is 70.1 cm³/mol. The Morgan fingerprint density at radius 3 is 2.70 bits per heavy atom. The fourth-order valence-electron chi connectivity index (χ4n) is 1.67. The lowest BCUT2D eigenvalue weighted by atomic mass is 10.1. The van der Waals surface area contributed by atoms with Gasteiger partial charge in [-0.2, -0.15) is 0 Å². The van der Waals surface area contributed by atoms with Gasteiger partial charge in [-0.05, 0) is 12.0 Å². The molecule has 0 unspecified atom stereocenters. The number of benzene rings is 1. The van der Waals surface area contributed by atoms with Crippen molar-refractivity contribution in [1.29, 1.82) is 0 Å². The Morgan fingerprint density at radius 1 is 1.25 bits per heavy atom. The molecular weight excluding hydrogens is 260 g/mol. The van der Waals surface area contributed by atoms with Gasteiger partial charge in [0.15, 0.2) is 5.69 Å². The van der Waals surface area contributed by atoms with Crippen LogP contribution in [0.15, 0.2) is 36.5 Å². The van der Waals surface area contributed by atoms with Gasteiger partial charge in [0.1, 0.15) is 6.54 Å². The van der Waals surface area contributed by atoms with Crippen molar-refractivity contribution in [2.45, 2.75) is 13.0 Å². The summed E-state index contributed by atoms with van der Waals surface area (Å²) < 4.78 is 1.11. The Morgan fingerprint density at radius 2 is 2.00 bits per heavy atom. The Balaban J connectivity index is 1.83. The van der Waals surface area contributed by atoms with Crippen LogP contribution < -0.4 is 5.32 Å². The maximum absolute atomic E-state index is 11.8. The fraction of sp³-hybridized carbons (Fsp3) is 0.231. The minimum Gasteiger partial charge on any atom is -0.480 e. The molecule has 7 heteroatoms. The predicted octanol–water partition coefficient (Wildman–Crippen LogP) is 0.335. The molecule has 7 nitrogen and oxygen atoms in total. The lowest BCUT2D eigenvalue weighted by molar-refractivity contribution is -0.137. The molecule has 104 valence electrons. The van der Waals surface area contributed by atoms with Crippen LogP contribution in [-0.4, -0.2) is 38.5 Å². The zero-order valence-corrected chi connectivity index (χ0v) is 10.7. The van der Waals surface area contributed by atoms with E-state index in [4.69, 9.17) is 5.11 Å². The molecule has 1 aromatic carbocycles. The van der Waals surface area contributed by atoms with Gasteiger partial charge in [-0.3, -0.25) is 9.59 Å². The van der Waals surface area contributed by atoms with E-state index < -0.39 is 5.97 Å². The summed E-state index contributed by atoms with van der Waals surface area (Å²) in [5.74, 6) is -1.40. The van der Waals surface area contributed by atoms with Crippen molar-refractivity contribution in [3.8, 4) is 0 Å². The molecule has 1 amide bonds. The van der Waals surface area contributed by atoms with E-state index in [2.05, 4.69) is 15.6 Å². The van der Waals surface area contributed by atoms with Gasteiger partial charge in [0, 0.05) is 6.54 Å². The highest BCUT2D eigenvalue weighted by molar-refractivity contribution is 5.91. The Bertz CT molecular complexity index is 595. The zero-order valence-electron chi connectivity index (χ0n) is 10.7. The van der Waals surface area contributed by atoms with Crippen molar-refractivity contribution in [3.63, 3.8) is 0 Å². The lowest BCUT2D eigenvalue weighted by Crippen LogP contribution is -2.26. The van der Waals surface area contributed by atoms with Crippen LogP contribution in [0.1, 0.15) is 16.1 Å². The smallest absolute Gasteiger partial charge is 0.325 e. The summed E-state index contributed by atoms with van der Waals surface area (Å²) in [7, 11) is 0. The maximum Gasteiger partial charge on any atom is 0.325 e. The first-order chi connectivity index (χ1) is 9.65. The monoisotopic (exact) mass is 274 g/mol. The number of aliphatic carboxylic acids is 1. The van der Waals surface area contributed by atoms with Crippen LogP contribution in [0.2, 0.25) is 0 Å². The average molecular weight is 274 g/mol. The number of carboxylic acid groups (broad SMARTS) is 1. The summed E-state index contributed by atoms with van der Waals surface area (Å²) in [6, 6.07) is 9.77. The van der Waals surface area contributed by atoms with E-state index in [1.807, 2.05) is 30.3 Å². The quantitative estimate of drug-likeness (QED) is 0.791. The third-order valence-corrected chi connectivity index (χ3v) is 2.61. The van der Waals surface area contributed by atoms with Gasteiger partial charge in [0.25, 0.3) is 5.91 Å². The molecule has 0 aliphatic heterocycles. The number of hydrogen-bond donors (Lipinski definition) is 2.